The highest BCUT2D eigenvalue weighted by Crippen LogP contribution is 2.25. The largest absolute Gasteiger partial charge is 0.431 e. The third-order valence-corrected chi connectivity index (χ3v) is 2.70. The molecule has 2 rings (SSSR count). The number of aromatic nitrogens is 2. The fourth-order valence-corrected chi connectivity index (χ4v) is 1.97. The zero-order valence-corrected chi connectivity index (χ0v) is 10.7. The normalized spacial score (nSPS) is 11.7. The summed E-state index contributed by atoms with van der Waals surface area (Å²) < 4.78 is 38.2. The Kier molecular flexibility index (Phi) is 3.29. The molecule has 20 heavy (non-hydrogen) atoms. The molecule has 0 unspecified atom stereocenters. The summed E-state index contributed by atoms with van der Waals surface area (Å²) in [7, 11) is 0. The summed E-state index contributed by atoms with van der Waals surface area (Å²) in [5.41, 5.74) is -1.66. The molecule has 0 radical (unpaired) electrons. The van der Waals surface area contributed by atoms with Crippen LogP contribution in [0.1, 0.15) is 16.8 Å². The Morgan fingerprint density at radius 1 is 1.00 bits per heavy atom. The van der Waals surface area contributed by atoms with E-state index < -0.39 is 23.1 Å². The van der Waals surface area contributed by atoms with Crippen LogP contribution in [0.4, 0.5) is 13.2 Å². The number of halogens is 3. The van der Waals surface area contributed by atoms with Crippen molar-refractivity contribution in [2.24, 2.45) is 0 Å². The van der Waals surface area contributed by atoms with Crippen LogP contribution >= 0.6 is 0 Å². The molecule has 1 aromatic carbocycles. The van der Waals surface area contributed by atoms with Crippen LogP contribution in [-0.4, -0.2) is 9.55 Å². The van der Waals surface area contributed by atoms with E-state index in [-0.39, 0.29) is 5.69 Å². The minimum Gasteiger partial charge on any atom is -0.303 e. The molecule has 0 aliphatic heterocycles. The third kappa shape index (κ3) is 2.66. The Morgan fingerprint density at radius 2 is 1.55 bits per heavy atom. The number of H-pyrrole nitrogens is 1. The van der Waals surface area contributed by atoms with Crippen molar-refractivity contribution in [3.8, 4) is 5.69 Å². The molecule has 0 bridgehead atoms. The maximum Gasteiger partial charge on any atom is 0.431 e. The molecule has 1 heterocycles. The molecule has 106 valence electrons. The van der Waals surface area contributed by atoms with Crippen molar-refractivity contribution in [2.45, 2.75) is 20.0 Å². The first-order valence-electron chi connectivity index (χ1n) is 5.71. The van der Waals surface area contributed by atoms with Crippen LogP contribution in [0.3, 0.4) is 0 Å². The summed E-state index contributed by atoms with van der Waals surface area (Å²) in [6.45, 7) is 3.53. The number of nitrogens with one attached hydrogen (secondary N) is 1. The molecule has 0 amide bonds. The summed E-state index contributed by atoms with van der Waals surface area (Å²) in [6.07, 6.45) is -4.76. The molecule has 0 atom stereocenters. The molecule has 0 aliphatic carbocycles. The maximum absolute atomic E-state index is 12.5. The van der Waals surface area contributed by atoms with Crippen LogP contribution in [0.25, 0.3) is 5.69 Å². The zero-order chi connectivity index (χ0) is 15.1. The van der Waals surface area contributed by atoms with Crippen molar-refractivity contribution in [2.75, 3.05) is 0 Å². The van der Waals surface area contributed by atoms with Gasteiger partial charge in [-0.25, -0.2) is 9.36 Å². The van der Waals surface area contributed by atoms with Gasteiger partial charge in [-0.1, -0.05) is 6.07 Å². The summed E-state index contributed by atoms with van der Waals surface area (Å²) >= 11 is 0. The van der Waals surface area contributed by atoms with E-state index in [2.05, 4.69) is 0 Å². The van der Waals surface area contributed by atoms with Crippen LogP contribution in [-0.2, 0) is 6.18 Å². The van der Waals surface area contributed by atoms with E-state index in [0.29, 0.717) is 10.6 Å². The second-order valence-electron chi connectivity index (χ2n) is 4.51. The monoisotopic (exact) mass is 284 g/mol. The van der Waals surface area contributed by atoms with Gasteiger partial charge in [0.05, 0.1) is 5.69 Å². The number of nitrogens with zero attached hydrogens (tertiary/aromatic N) is 1. The Bertz CT molecular complexity index is 721. The molecule has 0 fully saturated rings. The number of benzene rings is 1. The van der Waals surface area contributed by atoms with E-state index in [1.807, 2.05) is 6.07 Å². The van der Waals surface area contributed by atoms with Gasteiger partial charge < -0.3 is 4.98 Å². The van der Waals surface area contributed by atoms with Gasteiger partial charge in [-0.15, -0.1) is 0 Å². The van der Waals surface area contributed by atoms with Crippen LogP contribution < -0.4 is 11.2 Å². The van der Waals surface area contributed by atoms with Gasteiger partial charge in [-0.3, -0.25) is 4.79 Å². The lowest BCUT2D eigenvalue weighted by Crippen LogP contribution is -2.35. The van der Waals surface area contributed by atoms with Crippen molar-refractivity contribution in [1.82, 2.24) is 9.55 Å². The summed E-state index contributed by atoms with van der Waals surface area (Å²) in [5, 5.41) is 0. The fraction of sp³-hybridized carbons (Fsp3) is 0.231. The molecule has 0 saturated carbocycles. The summed E-state index contributed by atoms with van der Waals surface area (Å²) in [5.74, 6) is 0. The molecule has 2 aromatic rings. The fourth-order valence-electron chi connectivity index (χ4n) is 1.97. The van der Waals surface area contributed by atoms with Crippen molar-refractivity contribution >= 4 is 0 Å². The molecule has 1 aromatic heterocycles. The molecule has 1 N–H and O–H groups in total. The zero-order valence-electron chi connectivity index (χ0n) is 10.7. The highest BCUT2D eigenvalue weighted by atomic mass is 19.4. The predicted octanol–water partition coefficient (Wildman–Crippen LogP) is 2.16. The van der Waals surface area contributed by atoms with Crippen molar-refractivity contribution in [3.63, 3.8) is 0 Å². The average Bonchev–Trinajstić information content (AvgIpc) is 2.25. The molecule has 0 spiro atoms. The number of aryl methyl sites for hydroxylation is 2. The molecule has 0 aliphatic rings. The Morgan fingerprint density at radius 3 is 2.00 bits per heavy atom. The van der Waals surface area contributed by atoms with Crippen molar-refractivity contribution in [1.29, 1.82) is 0 Å². The van der Waals surface area contributed by atoms with Gasteiger partial charge in [0.2, 0.25) is 0 Å². The number of aromatic amines is 1. The van der Waals surface area contributed by atoms with Crippen LogP contribution in [0.5, 0.6) is 0 Å². The topological polar surface area (TPSA) is 54.9 Å². The quantitative estimate of drug-likeness (QED) is 0.872. The minimum atomic E-state index is -4.76. The van der Waals surface area contributed by atoms with Gasteiger partial charge in [-0.05, 0) is 37.1 Å². The van der Waals surface area contributed by atoms with E-state index >= 15 is 0 Å². The Labute approximate surface area is 111 Å². The standard InChI is InChI=1S/C13H11F3N2O2/c1-7-3-8(2)5-9(4-7)18-11(19)6-10(13(14,15)16)17-12(18)20/h3-6H,1-2H3,(H,17,20). The SMILES string of the molecule is Cc1cc(C)cc(-n2c(=O)cc(C(F)(F)F)[nH]c2=O)c1. The van der Waals surface area contributed by atoms with Crippen LogP contribution in [0.15, 0.2) is 33.9 Å². The first kappa shape index (κ1) is 14.1. The van der Waals surface area contributed by atoms with Gasteiger partial charge in [0.1, 0.15) is 5.69 Å². The second kappa shape index (κ2) is 4.66. The van der Waals surface area contributed by atoms with E-state index in [9.17, 15) is 22.8 Å². The van der Waals surface area contributed by atoms with Gasteiger partial charge in [0.25, 0.3) is 5.56 Å². The molecule has 7 heteroatoms. The lowest BCUT2D eigenvalue weighted by atomic mass is 10.1. The number of rotatable bonds is 1. The van der Waals surface area contributed by atoms with E-state index in [1.54, 1.807) is 31.0 Å². The van der Waals surface area contributed by atoms with Gasteiger partial charge in [-0.2, -0.15) is 13.2 Å². The van der Waals surface area contributed by atoms with Crippen molar-refractivity contribution in [3.05, 3.63) is 61.9 Å². The van der Waals surface area contributed by atoms with Gasteiger partial charge in [0, 0.05) is 6.07 Å². The Balaban J connectivity index is 2.71. The molecule has 0 saturated heterocycles. The predicted molar refractivity (Wildman–Crippen MR) is 67.1 cm³/mol. The average molecular weight is 284 g/mol. The number of hydrogen-bond acceptors (Lipinski definition) is 2. The summed E-state index contributed by atoms with van der Waals surface area (Å²) in [4.78, 5) is 25.2. The number of hydrogen-bond donors (Lipinski definition) is 1. The smallest absolute Gasteiger partial charge is 0.303 e. The third-order valence-electron chi connectivity index (χ3n) is 2.70. The minimum absolute atomic E-state index is 0.238. The van der Waals surface area contributed by atoms with Gasteiger partial charge >= 0.3 is 11.9 Å². The molecular weight excluding hydrogens is 273 g/mol. The summed E-state index contributed by atoms with van der Waals surface area (Å²) in [6, 6.07) is 5.31. The second-order valence-corrected chi connectivity index (χ2v) is 4.51. The van der Waals surface area contributed by atoms with Crippen LogP contribution in [0.2, 0.25) is 0 Å². The first-order chi connectivity index (χ1) is 9.18. The molecule has 4 nitrogen and oxygen atoms in total. The lowest BCUT2D eigenvalue weighted by Gasteiger charge is -2.10. The van der Waals surface area contributed by atoms with Crippen molar-refractivity contribution < 1.29 is 13.2 Å². The van der Waals surface area contributed by atoms with Crippen LogP contribution in [0, 0.1) is 13.8 Å². The lowest BCUT2D eigenvalue weighted by molar-refractivity contribution is -0.141. The Hall–Kier alpha value is -2.31. The molecular formula is C13H11F3N2O2. The van der Waals surface area contributed by atoms with Gasteiger partial charge in [0.15, 0.2) is 0 Å². The maximum atomic E-state index is 12.5. The highest BCUT2D eigenvalue weighted by molar-refractivity contribution is 5.39. The van der Waals surface area contributed by atoms with E-state index in [4.69, 9.17) is 0 Å². The highest BCUT2D eigenvalue weighted by Gasteiger charge is 2.33. The van der Waals surface area contributed by atoms with E-state index in [1.165, 1.54) is 0 Å². The first-order valence-corrected chi connectivity index (χ1v) is 5.71. The van der Waals surface area contributed by atoms with E-state index in [0.717, 1.165) is 11.1 Å². The number of alkyl halides is 3.